The molecule has 0 saturated heterocycles. The average molecular weight is 150 g/mol. The Morgan fingerprint density at radius 3 is 2.22 bits per heavy atom. The molecule has 0 radical (unpaired) electrons. The summed E-state index contributed by atoms with van der Waals surface area (Å²) in [6.45, 7) is 0. The van der Waals surface area contributed by atoms with Crippen LogP contribution < -0.4 is 0 Å². The Bertz CT molecular complexity index is 114. The van der Waals surface area contributed by atoms with Gasteiger partial charge in [-0.05, 0) is 0 Å². The van der Waals surface area contributed by atoms with Crippen molar-refractivity contribution >= 4 is 7.94 Å². The lowest BCUT2D eigenvalue weighted by Gasteiger charge is -1.99. The standard InChI is InChI=1S/C4H9NO3P/c5-3-1-2-4-9(6,7)8/h6-8H,1-2,4H2/q+1. The first-order valence-electron chi connectivity index (χ1n) is 2.49. The third kappa shape index (κ3) is 7.80. The highest BCUT2D eigenvalue weighted by molar-refractivity contribution is 7.58. The summed E-state index contributed by atoms with van der Waals surface area (Å²) in [4.78, 5) is 25.1. The third-order valence-electron chi connectivity index (χ3n) is 0.747. The van der Waals surface area contributed by atoms with E-state index in [-0.39, 0.29) is 12.6 Å². The summed E-state index contributed by atoms with van der Waals surface area (Å²) in [6.07, 6.45) is 0.526. The average Bonchev–Trinajstić information content (AvgIpc) is 1.63. The van der Waals surface area contributed by atoms with Crippen molar-refractivity contribution in [2.75, 3.05) is 6.16 Å². The number of hydrogen-bond acceptors (Lipinski definition) is 4. The molecule has 0 fully saturated rings. The van der Waals surface area contributed by atoms with Crippen LogP contribution in [0.1, 0.15) is 12.8 Å². The second-order valence-electron chi connectivity index (χ2n) is 1.68. The fraction of sp³-hybridized carbons (Fsp3) is 0.750. The molecule has 0 aliphatic rings. The highest BCUT2D eigenvalue weighted by atomic mass is 31.2. The van der Waals surface area contributed by atoms with Crippen molar-refractivity contribution < 1.29 is 14.7 Å². The van der Waals surface area contributed by atoms with Gasteiger partial charge in [0.1, 0.15) is 6.16 Å². The Kier molecular flexibility index (Phi) is 3.67. The highest BCUT2D eigenvalue weighted by Crippen LogP contribution is 2.44. The van der Waals surface area contributed by atoms with Crippen molar-refractivity contribution in [2.24, 2.45) is 0 Å². The van der Waals surface area contributed by atoms with Crippen molar-refractivity contribution in [2.45, 2.75) is 12.8 Å². The molecule has 0 aliphatic heterocycles. The summed E-state index contributed by atoms with van der Waals surface area (Å²) in [5.41, 5.74) is 0. The molecule has 0 spiro atoms. The van der Waals surface area contributed by atoms with Crippen LogP contribution in [0.4, 0.5) is 0 Å². The third-order valence-corrected chi connectivity index (χ3v) is 1.66. The molecule has 0 saturated carbocycles. The minimum Gasteiger partial charge on any atom is -0.198 e. The zero-order valence-corrected chi connectivity index (χ0v) is 5.75. The van der Waals surface area contributed by atoms with Crippen LogP contribution in [0, 0.1) is 11.3 Å². The Labute approximate surface area is 54.0 Å². The Balaban J connectivity index is 3.20. The van der Waals surface area contributed by atoms with Crippen LogP contribution in [0.25, 0.3) is 0 Å². The topological polar surface area (TPSA) is 84.5 Å². The maximum atomic E-state index is 8.36. The predicted octanol–water partition coefficient (Wildman–Crippen LogP) is 0.0297. The SMILES string of the molecule is N#CCCC[P+](O)(O)O. The van der Waals surface area contributed by atoms with Crippen molar-refractivity contribution in [3.05, 3.63) is 0 Å². The van der Waals surface area contributed by atoms with Gasteiger partial charge in [0.15, 0.2) is 0 Å². The monoisotopic (exact) mass is 150 g/mol. The first-order chi connectivity index (χ1) is 4.06. The van der Waals surface area contributed by atoms with Gasteiger partial charge in [0.05, 0.1) is 6.07 Å². The van der Waals surface area contributed by atoms with Gasteiger partial charge in [-0.15, -0.1) is 0 Å². The minimum atomic E-state index is -3.60. The molecule has 3 N–H and O–H groups in total. The highest BCUT2D eigenvalue weighted by Gasteiger charge is 2.27. The molecular weight excluding hydrogens is 141 g/mol. The summed E-state index contributed by atoms with van der Waals surface area (Å²) in [7, 11) is -3.60. The molecule has 0 aliphatic carbocycles. The molecule has 0 aromatic rings. The van der Waals surface area contributed by atoms with E-state index in [1.165, 1.54) is 0 Å². The first kappa shape index (κ1) is 8.80. The molecular formula is C4H9NO3P+. The van der Waals surface area contributed by atoms with Gasteiger partial charge in [0, 0.05) is 12.8 Å². The normalized spacial score (nSPS) is 10.9. The van der Waals surface area contributed by atoms with E-state index in [0.717, 1.165) is 0 Å². The van der Waals surface area contributed by atoms with Gasteiger partial charge in [-0.1, -0.05) is 0 Å². The maximum absolute atomic E-state index is 8.36. The Morgan fingerprint density at radius 1 is 1.33 bits per heavy atom. The number of unbranched alkanes of at least 4 members (excludes halogenated alkanes) is 1. The van der Waals surface area contributed by atoms with Crippen LogP contribution in [-0.4, -0.2) is 20.8 Å². The van der Waals surface area contributed by atoms with Crippen LogP contribution in [-0.2, 0) is 0 Å². The lowest BCUT2D eigenvalue weighted by Crippen LogP contribution is -1.93. The smallest absolute Gasteiger partial charge is 0.198 e. The fourth-order valence-electron chi connectivity index (χ4n) is 0.370. The molecule has 4 nitrogen and oxygen atoms in total. The number of hydrogen-bond donors (Lipinski definition) is 3. The van der Waals surface area contributed by atoms with Gasteiger partial charge in [-0.25, -0.2) is 0 Å². The molecule has 0 heterocycles. The van der Waals surface area contributed by atoms with Crippen LogP contribution in [0.2, 0.25) is 0 Å². The predicted molar refractivity (Wildman–Crippen MR) is 33.3 cm³/mol. The van der Waals surface area contributed by atoms with E-state index in [2.05, 4.69) is 0 Å². The van der Waals surface area contributed by atoms with E-state index in [0.29, 0.717) is 6.42 Å². The lowest BCUT2D eigenvalue weighted by atomic mass is 10.4. The molecule has 0 bridgehead atoms. The second kappa shape index (κ2) is 3.76. The molecule has 52 valence electrons. The summed E-state index contributed by atoms with van der Waals surface area (Å²) in [5, 5.41) is 7.98. The molecule has 0 aromatic carbocycles. The zero-order chi connectivity index (χ0) is 7.33. The van der Waals surface area contributed by atoms with Crippen LogP contribution in [0.5, 0.6) is 0 Å². The molecule has 9 heavy (non-hydrogen) atoms. The summed E-state index contributed by atoms with van der Waals surface area (Å²) in [5.74, 6) is 0. The van der Waals surface area contributed by atoms with E-state index in [1.54, 1.807) is 0 Å². The van der Waals surface area contributed by atoms with Gasteiger partial charge in [-0.3, -0.25) is 0 Å². The van der Waals surface area contributed by atoms with Crippen molar-refractivity contribution in [3.8, 4) is 6.07 Å². The number of nitrogens with zero attached hydrogens (tertiary/aromatic N) is 1. The molecule has 0 unspecified atom stereocenters. The van der Waals surface area contributed by atoms with Gasteiger partial charge < -0.3 is 0 Å². The molecule has 0 rings (SSSR count). The zero-order valence-electron chi connectivity index (χ0n) is 4.86. The van der Waals surface area contributed by atoms with E-state index >= 15 is 0 Å². The van der Waals surface area contributed by atoms with Crippen molar-refractivity contribution in [1.29, 1.82) is 5.26 Å². The van der Waals surface area contributed by atoms with Crippen LogP contribution in [0.15, 0.2) is 0 Å². The molecule has 0 aromatic heterocycles. The maximum Gasteiger partial charge on any atom is 0.403 e. The van der Waals surface area contributed by atoms with E-state index in [4.69, 9.17) is 19.9 Å². The summed E-state index contributed by atoms with van der Waals surface area (Å²) in [6, 6.07) is 1.82. The number of rotatable bonds is 3. The van der Waals surface area contributed by atoms with Crippen molar-refractivity contribution in [3.63, 3.8) is 0 Å². The molecule has 5 heteroatoms. The van der Waals surface area contributed by atoms with Gasteiger partial charge in [-0.2, -0.15) is 19.9 Å². The lowest BCUT2D eigenvalue weighted by molar-refractivity contribution is 0.329. The summed E-state index contributed by atoms with van der Waals surface area (Å²) < 4.78 is 0. The van der Waals surface area contributed by atoms with E-state index in [9.17, 15) is 0 Å². The largest absolute Gasteiger partial charge is 0.403 e. The second-order valence-corrected chi connectivity index (χ2v) is 3.51. The number of nitriles is 1. The van der Waals surface area contributed by atoms with E-state index in [1.807, 2.05) is 6.07 Å². The quantitative estimate of drug-likeness (QED) is 0.391. The molecule has 0 amide bonds. The minimum absolute atomic E-state index is 0.0689. The van der Waals surface area contributed by atoms with Gasteiger partial charge >= 0.3 is 7.94 Å². The van der Waals surface area contributed by atoms with E-state index < -0.39 is 7.94 Å². The van der Waals surface area contributed by atoms with Gasteiger partial charge in [0.25, 0.3) is 0 Å². The Morgan fingerprint density at radius 2 is 1.89 bits per heavy atom. The Hall–Kier alpha value is -0.200. The first-order valence-corrected chi connectivity index (χ1v) is 4.33. The van der Waals surface area contributed by atoms with Crippen LogP contribution in [0.3, 0.4) is 0 Å². The molecule has 0 atom stereocenters. The fourth-order valence-corrected chi connectivity index (χ4v) is 0.953. The van der Waals surface area contributed by atoms with Gasteiger partial charge in [0.2, 0.25) is 0 Å². The summed E-state index contributed by atoms with van der Waals surface area (Å²) >= 11 is 0. The van der Waals surface area contributed by atoms with Crippen LogP contribution >= 0.6 is 7.94 Å². The van der Waals surface area contributed by atoms with Crippen molar-refractivity contribution in [1.82, 2.24) is 0 Å².